The van der Waals surface area contributed by atoms with E-state index in [4.69, 9.17) is 0 Å². The fraction of sp³-hybridized carbons (Fsp3) is 0. The third-order valence-electron chi connectivity index (χ3n) is 3.20. The van der Waals surface area contributed by atoms with Crippen LogP contribution in [0.5, 0.6) is 0 Å². The first kappa shape index (κ1) is 8.70. The number of nitrogens with one attached hydrogen (secondary N) is 1. The lowest BCUT2D eigenvalue weighted by Crippen LogP contribution is -1.85. The molecule has 0 fully saturated rings. The predicted molar refractivity (Wildman–Crippen MR) is 68.9 cm³/mol. The summed E-state index contributed by atoms with van der Waals surface area (Å²) in [7, 11) is 0. The second-order valence-corrected chi connectivity index (χ2v) is 4.10. The smallest absolute Gasteiger partial charge is 0.116 e. The Labute approximate surface area is 97.1 Å². The van der Waals surface area contributed by atoms with E-state index in [-0.39, 0.29) is 0 Å². The molecule has 0 aliphatic heterocycles. The van der Waals surface area contributed by atoms with E-state index < -0.39 is 0 Å². The molecule has 0 radical (unpaired) electrons. The first-order valence-corrected chi connectivity index (χ1v) is 5.52. The van der Waals surface area contributed by atoms with Gasteiger partial charge in [-0.1, -0.05) is 24.3 Å². The number of fused-ring (bicyclic) bond motifs is 6. The monoisotopic (exact) mass is 219 g/mol. The Hall–Kier alpha value is -2.42. The maximum Gasteiger partial charge on any atom is 0.116 e. The highest BCUT2D eigenvalue weighted by atomic mass is 14.8. The summed E-state index contributed by atoms with van der Waals surface area (Å²) < 4.78 is 0. The maximum absolute atomic E-state index is 4.39. The van der Waals surface area contributed by atoms with Crippen LogP contribution in [0.3, 0.4) is 0 Å². The lowest BCUT2D eigenvalue weighted by molar-refractivity contribution is 1.23. The van der Waals surface area contributed by atoms with Crippen molar-refractivity contribution < 1.29 is 0 Å². The van der Waals surface area contributed by atoms with Crippen molar-refractivity contribution in [3.8, 4) is 0 Å². The van der Waals surface area contributed by atoms with Gasteiger partial charge in [0.1, 0.15) is 6.33 Å². The van der Waals surface area contributed by atoms with Crippen molar-refractivity contribution in [1.82, 2.24) is 15.0 Å². The summed E-state index contributed by atoms with van der Waals surface area (Å²) >= 11 is 0. The van der Waals surface area contributed by atoms with Crippen LogP contribution in [-0.2, 0) is 0 Å². The largest absolute Gasteiger partial charge is 0.359 e. The second-order valence-electron chi connectivity index (χ2n) is 4.10. The summed E-state index contributed by atoms with van der Waals surface area (Å²) in [5.74, 6) is 0. The van der Waals surface area contributed by atoms with Crippen molar-refractivity contribution in [2.75, 3.05) is 0 Å². The fourth-order valence-corrected chi connectivity index (χ4v) is 2.47. The second kappa shape index (κ2) is 3.04. The zero-order valence-corrected chi connectivity index (χ0v) is 9.01. The maximum atomic E-state index is 4.39. The van der Waals surface area contributed by atoms with Gasteiger partial charge in [0.25, 0.3) is 0 Å². The molecule has 0 bridgehead atoms. The van der Waals surface area contributed by atoms with Crippen molar-refractivity contribution >= 4 is 32.6 Å². The van der Waals surface area contributed by atoms with Crippen LogP contribution < -0.4 is 0 Å². The first-order chi connectivity index (χ1) is 8.45. The third-order valence-corrected chi connectivity index (χ3v) is 3.20. The van der Waals surface area contributed by atoms with Gasteiger partial charge in [-0.3, -0.25) is 0 Å². The summed E-state index contributed by atoms with van der Waals surface area (Å²) in [6, 6.07) is 10.5. The van der Waals surface area contributed by atoms with Gasteiger partial charge in [0.2, 0.25) is 0 Å². The highest BCUT2D eigenvalue weighted by Crippen LogP contribution is 2.32. The zero-order chi connectivity index (χ0) is 11.2. The standard InChI is InChI=1S/C14H9N3/c1-2-4-10-9(3-1)11-5-6-16-13(11)14-12(10)7-15-8-17-14/h1-8,16H. The average Bonchev–Trinajstić information content (AvgIpc) is 2.89. The van der Waals surface area contributed by atoms with Gasteiger partial charge < -0.3 is 4.98 Å². The van der Waals surface area contributed by atoms with E-state index in [0.717, 1.165) is 16.4 Å². The fourth-order valence-electron chi connectivity index (χ4n) is 2.47. The topological polar surface area (TPSA) is 41.6 Å². The lowest BCUT2D eigenvalue weighted by Gasteiger charge is -2.04. The summed E-state index contributed by atoms with van der Waals surface area (Å²) in [6.45, 7) is 0. The van der Waals surface area contributed by atoms with E-state index in [1.807, 2.05) is 18.5 Å². The molecule has 2 heterocycles. The highest BCUT2D eigenvalue weighted by molar-refractivity contribution is 6.22. The Balaban J connectivity index is 2.48. The van der Waals surface area contributed by atoms with Gasteiger partial charge in [0.05, 0.1) is 11.0 Å². The number of hydrogen-bond acceptors (Lipinski definition) is 2. The molecule has 4 aromatic rings. The van der Waals surface area contributed by atoms with Crippen molar-refractivity contribution in [1.29, 1.82) is 0 Å². The molecule has 4 rings (SSSR count). The Kier molecular flexibility index (Phi) is 1.56. The molecular formula is C14H9N3. The molecule has 0 aliphatic rings. The molecule has 0 amide bonds. The van der Waals surface area contributed by atoms with E-state index in [2.05, 4.69) is 39.2 Å². The van der Waals surface area contributed by atoms with E-state index >= 15 is 0 Å². The van der Waals surface area contributed by atoms with Gasteiger partial charge in [0.15, 0.2) is 0 Å². The molecule has 0 saturated heterocycles. The molecule has 1 N–H and O–H groups in total. The molecular weight excluding hydrogens is 210 g/mol. The van der Waals surface area contributed by atoms with E-state index in [0.29, 0.717) is 0 Å². The minimum absolute atomic E-state index is 0.985. The van der Waals surface area contributed by atoms with E-state index in [1.165, 1.54) is 16.2 Å². The summed E-state index contributed by atoms with van der Waals surface area (Å²) in [6.07, 6.45) is 5.43. The molecule has 2 aromatic carbocycles. The highest BCUT2D eigenvalue weighted by Gasteiger charge is 2.09. The van der Waals surface area contributed by atoms with Crippen molar-refractivity contribution in [3.63, 3.8) is 0 Å². The minimum Gasteiger partial charge on any atom is -0.359 e. The molecule has 3 nitrogen and oxygen atoms in total. The number of nitrogens with zero attached hydrogens (tertiary/aromatic N) is 2. The molecule has 0 spiro atoms. The SMILES string of the molecule is c1ccc2c(c1)c1cncnc1c1[nH]ccc21. The van der Waals surface area contributed by atoms with E-state index in [1.54, 1.807) is 6.33 Å². The number of aromatic nitrogens is 3. The van der Waals surface area contributed by atoms with Gasteiger partial charge in [-0.15, -0.1) is 0 Å². The molecule has 0 unspecified atom stereocenters. The molecule has 0 aliphatic carbocycles. The number of aromatic amines is 1. The zero-order valence-electron chi connectivity index (χ0n) is 9.01. The van der Waals surface area contributed by atoms with Crippen LogP contribution >= 0.6 is 0 Å². The van der Waals surface area contributed by atoms with Gasteiger partial charge in [0, 0.05) is 23.2 Å². The normalized spacial score (nSPS) is 11.5. The van der Waals surface area contributed by atoms with Crippen molar-refractivity contribution in [3.05, 3.63) is 49.1 Å². The average molecular weight is 219 g/mol. The van der Waals surface area contributed by atoms with Crippen LogP contribution in [0.4, 0.5) is 0 Å². The number of H-pyrrole nitrogens is 1. The van der Waals surface area contributed by atoms with Crippen LogP contribution in [0.25, 0.3) is 32.6 Å². The molecule has 80 valence electrons. The van der Waals surface area contributed by atoms with Gasteiger partial charge >= 0.3 is 0 Å². The number of hydrogen-bond donors (Lipinski definition) is 1. The Morgan fingerprint density at radius 2 is 1.71 bits per heavy atom. The minimum atomic E-state index is 0.985. The van der Waals surface area contributed by atoms with Crippen LogP contribution in [0, 0.1) is 0 Å². The van der Waals surface area contributed by atoms with Crippen LogP contribution in [-0.4, -0.2) is 15.0 Å². The molecule has 2 aromatic heterocycles. The third kappa shape index (κ3) is 1.05. The number of benzene rings is 2. The lowest BCUT2D eigenvalue weighted by atomic mass is 10.0. The van der Waals surface area contributed by atoms with Gasteiger partial charge in [-0.25, -0.2) is 9.97 Å². The summed E-state index contributed by atoms with van der Waals surface area (Å²) in [4.78, 5) is 11.8. The van der Waals surface area contributed by atoms with Gasteiger partial charge in [-0.05, 0) is 16.8 Å². The molecule has 17 heavy (non-hydrogen) atoms. The van der Waals surface area contributed by atoms with E-state index in [9.17, 15) is 0 Å². The Morgan fingerprint density at radius 1 is 0.882 bits per heavy atom. The number of rotatable bonds is 0. The molecule has 3 heteroatoms. The van der Waals surface area contributed by atoms with Crippen LogP contribution in [0.15, 0.2) is 49.1 Å². The summed E-state index contributed by atoms with van der Waals surface area (Å²) in [5, 5.41) is 4.76. The first-order valence-electron chi connectivity index (χ1n) is 5.52. The Bertz CT molecular complexity index is 776. The summed E-state index contributed by atoms with van der Waals surface area (Å²) in [5.41, 5.74) is 2.07. The Morgan fingerprint density at radius 3 is 2.59 bits per heavy atom. The van der Waals surface area contributed by atoms with Crippen molar-refractivity contribution in [2.45, 2.75) is 0 Å². The van der Waals surface area contributed by atoms with Gasteiger partial charge in [-0.2, -0.15) is 0 Å². The van der Waals surface area contributed by atoms with Crippen LogP contribution in [0.2, 0.25) is 0 Å². The van der Waals surface area contributed by atoms with Crippen molar-refractivity contribution in [2.24, 2.45) is 0 Å². The molecule has 0 atom stereocenters. The quantitative estimate of drug-likeness (QED) is 0.461. The van der Waals surface area contributed by atoms with Crippen LogP contribution in [0.1, 0.15) is 0 Å². The molecule has 0 saturated carbocycles. The predicted octanol–water partition coefficient (Wildman–Crippen LogP) is 3.26.